The van der Waals surface area contributed by atoms with Gasteiger partial charge in [0.2, 0.25) is 16.8 Å². The molecule has 0 saturated heterocycles. The van der Waals surface area contributed by atoms with E-state index < -0.39 is 21.7 Å². The molecule has 24 heavy (non-hydrogen) atoms. The minimum absolute atomic E-state index is 0.0778. The second-order valence-electron chi connectivity index (χ2n) is 5.19. The number of hydrogen-bond donors (Lipinski definition) is 0. The van der Waals surface area contributed by atoms with Crippen molar-refractivity contribution in [3.63, 3.8) is 0 Å². The van der Waals surface area contributed by atoms with Gasteiger partial charge in [0.25, 0.3) is 0 Å². The van der Waals surface area contributed by atoms with Gasteiger partial charge in [0.15, 0.2) is 23.1 Å². The summed E-state index contributed by atoms with van der Waals surface area (Å²) in [5, 5.41) is 0. The molecule has 0 aromatic heterocycles. The number of hydrogen-bond acceptors (Lipinski definition) is 4. The number of fused-ring (bicyclic) bond motifs is 1. The Bertz CT molecular complexity index is 870. The molecule has 2 aromatic carbocycles. The van der Waals surface area contributed by atoms with E-state index in [0.29, 0.717) is 23.1 Å². The maximum absolute atomic E-state index is 13.4. The fourth-order valence-corrected chi connectivity index (χ4v) is 3.85. The second-order valence-corrected chi connectivity index (χ2v) is 7.13. The first-order valence-corrected chi connectivity index (χ1v) is 8.69. The monoisotopic (exact) mass is 355 g/mol. The van der Waals surface area contributed by atoms with Gasteiger partial charge in [0.1, 0.15) is 0 Å². The van der Waals surface area contributed by atoms with Gasteiger partial charge in [0.05, 0.1) is 4.90 Å². The van der Waals surface area contributed by atoms with Crippen LogP contribution in [0, 0.1) is 11.6 Å². The molecule has 0 aliphatic carbocycles. The summed E-state index contributed by atoms with van der Waals surface area (Å²) >= 11 is 0. The SMILES string of the molecule is CCN(Cc1ccc2c(c1)OCO2)S(=O)(=O)c1ccc(F)c(F)c1. The van der Waals surface area contributed by atoms with Gasteiger partial charge in [-0.25, -0.2) is 17.2 Å². The third-order valence-corrected chi connectivity index (χ3v) is 5.59. The van der Waals surface area contributed by atoms with Gasteiger partial charge >= 0.3 is 0 Å². The molecule has 5 nitrogen and oxygen atoms in total. The van der Waals surface area contributed by atoms with E-state index in [1.54, 1.807) is 25.1 Å². The van der Waals surface area contributed by atoms with Crippen molar-refractivity contribution >= 4 is 10.0 Å². The number of nitrogens with zero attached hydrogens (tertiary/aromatic N) is 1. The fraction of sp³-hybridized carbons (Fsp3) is 0.250. The van der Waals surface area contributed by atoms with Crippen molar-refractivity contribution in [1.29, 1.82) is 0 Å². The lowest BCUT2D eigenvalue weighted by molar-refractivity contribution is 0.174. The van der Waals surface area contributed by atoms with Crippen LogP contribution >= 0.6 is 0 Å². The number of benzene rings is 2. The summed E-state index contributed by atoms with van der Waals surface area (Å²) in [6.07, 6.45) is 0. The first kappa shape index (κ1) is 16.7. The standard InChI is InChI=1S/C16H15F2NO4S/c1-2-19(9-11-3-6-15-16(7-11)23-10-22-15)24(20,21)12-4-5-13(17)14(18)8-12/h3-8H,2,9-10H2,1H3. The van der Waals surface area contributed by atoms with Gasteiger partial charge < -0.3 is 9.47 Å². The Morgan fingerprint density at radius 3 is 2.50 bits per heavy atom. The van der Waals surface area contributed by atoms with E-state index in [1.807, 2.05) is 0 Å². The average molecular weight is 355 g/mol. The van der Waals surface area contributed by atoms with Crippen LogP contribution in [0.5, 0.6) is 11.5 Å². The number of rotatable bonds is 5. The van der Waals surface area contributed by atoms with E-state index in [4.69, 9.17) is 9.47 Å². The quantitative estimate of drug-likeness (QED) is 0.828. The highest BCUT2D eigenvalue weighted by molar-refractivity contribution is 7.89. The Labute approximate surface area is 138 Å². The van der Waals surface area contributed by atoms with Crippen molar-refractivity contribution in [2.75, 3.05) is 13.3 Å². The molecule has 8 heteroatoms. The minimum atomic E-state index is -3.95. The van der Waals surface area contributed by atoms with Crippen LogP contribution in [0.25, 0.3) is 0 Å². The molecular weight excluding hydrogens is 340 g/mol. The van der Waals surface area contributed by atoms with Crippen LogP contribution in [0.1, 0.15) is 12.5 Å². The first-order chi connectivity index (χ1) is 11.4. The lowest BCUT2D eigenvalue weighted by atomic mass is 10.2. The largest absolute Gasteiger partial charge is 0.454 e. The molecule has 1 aliphatic heterocycles. The van der Waals surface area contributed by atoms with Crippen LogP contribution in [0.3, 0.4) is 0 Å². The van der Waals surface area contributed by atoms with Crippen molar-refractivity contribution in [3.8, 4) is 11.5 Å². The third kappa shape index (κ3) is 3.07. The summed E-state index contributed by atoms with van der Waals surface area (Å²) in [6, 6.07) is 7.68. The van der Waals surface area contributed by atoms with E-state index in [-0.39, 0.29) is 24.8 Å². The molecule has 2 aromatic rings. The maximum atomic E-state index is 13.4. The highest BCUT2D eigenvalue weighted by Gasteiger charge is 2.25. The zero-order valence-electron chi connectivity index (χ0n) is 12.8. The van der Waals surface area contributed by atoms with Crippen molar-refractivity contribution in [2.24, 2.45) is 0 Å². The van der Waals surface area contributed by atoms with Gasteiger partial charge in [-0.05, 0) is 35.9 Å². The molecule has 128 valence electrons. The lowest BCUT2D eigenvalue weighted by Gasteiger charge is -2.21. The Kier molecular flexibility index (Phi) is 4.42. The molecule has 0 saturated carbocycles. The summed E-state index contributed by atoms with van der Waals surface area (Å²) < 4.78 is 63.4. The second kappa shape index (κ2) is 6.37. The van der Waals surface area contributed by atoms with E-state index >= 15 is 0 Å². The van der Waals surface area contributed by atoms with Crippen LogP contribution in [0.15, 0.2) is 41.3 Å². The molecular formula is C16H15F2NO4S. The molecule has 0 fully saturated rings. The highest BCUT2D eigenvalue weighted by Crippen LogP contribution is 2.33. The molecule has 1 aliphatic rings. The zero-order chi connectivity index (χ0) is 17.3. The predicted octanol–water partition coefficient (Wildman–Crippen LogP) is 2.90. The minimum Gasteiger partial charge on any atom is -0.454 e. The van der Waals surface area contributed by atoms with E-state index in [0.717, 1.165) is 12.1 Å². The van der Waals surface area contributed by atoms with Gasteiger partial charge in [-0.2, -0.15) is 4.31 Å². The van der Waals surface area contributed by atoms with Crippen molar-refractivity contribution in [1.82, 2.24) is 4.31 Å². The number of ether oxygens (including phenoxy) is 2. The molecule has 0 amide bonds. The fourth-order valence-electron chi connectivity index (χ4n) is 2.40. The number of sulfonamides is 1. The van der Waals surface area contributed by atoms with Crippen LogP contribution in [-0.2, 0) is 16.6 Å². The highest BCUT2D eigenvalue weighted by atomic mass is 32.2. The summed E-state index contributed by atoms with van der Waals surface area (Å²) in [5.41, 5.74) is 0.701. The normalized spacial score (nSPS) is 13.5. The zero-order valence-corrected chi connectivity index (χ0v) is 13.6. The average Bonchev–Trinajstić information content (AvgIpc) is 3.02. The van der Waals surface area contributed by atoms with E-state index in [2.05, 4.69) is 0 Å². The summed E-state index contributed by atoms with van der Waals surface area (Å²) in [7, 11) is -3.95. The Hall–Kier alpha value is -2.19. The van der Waals surface area contributed by atoms with E-state index in [1.165, 1.54) is 4.31 Å². The molecule has 0 atom stereocenters. The van der Waals surface area contributed by atoms with Crippen LogP contribution < -0.4 is 9.47 Å². The predicted molar refractivity (Wildman–Crippen MR) is 82.2 cm³/mol. The summed E-state index contributed by atoms with van der Waals surface area (Å²) in [4.78, 5) is -0.288. The van der Waals surface area contributed by atoms with Crippen molar-refractivity contribution in [2.45, 2.75) is 18.4 Å². The Morgan fingerprint density at radius 2 is 1.79 bits per heavy atom. The summed E-state index contributed by atoms with van der Waals surface area (Å²) in [6.45, 7) is 2.05. The molecule has 0 spiro atoms. The number of halogens is 2. The van der Waals surface area contributed by atoms with E-state index in [9.17, 15) is 17.2 Å². The van der Waals surface area contributed by atoms with Gasteiger partial charge in [-0.3, -0.25) is 0 Å². The van der Waals surface area contributed by atoms with Crippen LogP contribution in [0.4, 0.5) is 8.78 Å². The van der Waals surface area contributed by atoms with Crippen LogP contribution in [0.2, 0.25) is 0 Å². The van der Waals surface area contributed by atoms with Gasteiger partial charge in [-0.1, -0.05) is 13.0 Å². The smallest absolute Gasteiger partial charge is 0.243 e. The van der Waals surface area contributed by atoms with Gasteiger partial charge in [-0.15, -0.1) is 0 Å². The molecule has 0 unspecified atom stereocenters. The topological polar surface area (TPSA) is 55.8 Å². The Morgan fingerprint density at radius 1 is 1.04 bits per heavy atom. The van der Waals surface area contributed by atoms with Crippen molar-refractivity contribution < 1.29 is 26.7 Å². The molecule has 3 rings (SSSR count). The van der Waals surface area contributed by atoms with Crippen molar-refractivity contribution in [3.05, 3.63) is 53.6 Å². The molecule has 0 N–H and O–H groups in total. The van der Waals surface area contributed by atoms with Gasteiger partial charge in [0, 0.05) is 13.1 Å². The first-order valence-electron chi connectivity index (χ1n) is 7.25. The Balaban J connectivity index is 1.88. The maximum Gasteiger partial charge on any atom is 0.243 e. The molecule has 0 bridgehead atoms. The molecule has 1 heterocycles. The summed E-state index contributed by atoms with van der Waals surface area (Å²) in [5.74, 6) is -1.14. The van der Waals surface area contributed by atoms with Crippen LogP contribution in [-0.4, -0.2) is 26.1 Å². The third-order valence-electron chi connectivity index (χ3n) is 3.68. The molecule has 0 radical (unpaired) electrons. The lowest BCUT2D eigenvalue weighted by Crippen LogP contribution is -2.30.